The van der Waals surface area contributed by atoms with Gasteiger partial charge in [0.15, 0.2) is 0 Å². The zero-order valence-electron chi connectivity index (χ0n) is 9.66. The topological polar surface area (TPSA) is 41.5 Å². The summed E-state index contributed by atoms with van der Waals surface area (Å²) < 4.78 is 5.10. The molecule has 2 N–H and O–H groups in total. The fraction of sp³-hybridized carbons (Fsp3) is 0.500. The van der Waals surface area contributed by atoms with Crippen LogP contribution in [0.4, 0.5) is 0 Å². The Morgan fingerprint density at radius 3 is 2.88 bits per heavy atom. The molecule has 90 valence electrons. The van der Waals surface area contributed by atoms with Gasteiger partial charge in [0.05, 0.1) is 18.2 Å². The summed E-state index contributed by atoms with van der Waals surface area (Å²) in [5.74, 6) is 0.591. The van der Waals surface area contributed by atoms with Crippen LogP contribution in [0.1, 0.15) is 25.0 Å². The SMILES string of the molecule is CCCNCC(O)c1ccc(Cl)c(OC)c1. The minimum Gasteiger partial charge on any atom is -0.495 e. The molecule has 0 heterocycles. The maximum Gasteiger partial charge on any atom is 0.137 e. The third kappa shape index (κ3) is 3.67. The van der Waals surface area contributed by atoms with Gasteiger partial charge >= 0.3 is 0 Å². The van der Waals surface area contributed by atoms with Gasteiger partial charge in [0.1, 0.15) is 5.75 Å². The van der Waals surface area contributed by atoms with Gasteiger partial charge in [0.25, 0.3) is 0 Å². The van der Waals surface area contributed by atoms with Gasteiger partial charge in [-0.25, -0.2) is 0 Å². The summed E-state index contributed by atoms with van der Waals surface area (Å²) in [5, 5.41) is 13.6. The number of methoxy groups -OCH3 is 1. The fourth-order valence-corrected chi connectivity index (χ4v) is 1.61. The molecule has 1 aromatic carbocycles. The molecule has 0 aliphatic heterocycles. The molecule has 16 heavy (non-hydrogen) atoms. The monoisotopic (exact) mass is 243 g/mol. The molecule has 0 saturated heterocycles. The standard InChI is InChI=1S/C12H18ClNO2/c1-3-6-14-8-11(15)9-4-5-10(13)12(7-9)16-2/h4-5,7,11,14-15H,3,6,8H2,1-2H3. The van der Waals surface area contributed by atoms with E-state index in [0.717, 1.165) is 18.5 Å². The second-order valence-electron chi connectivity index (χ2n) is 3.61. The molecule has 0 saturated carbocycles. The largest absolute Gasteiger partial charge is 0.495 e. The number of aliphatic hydroxyl groups excluding tert-OH is 1. The predicted octanol–water partition coefficient (Wildman–Crippen LogP) is 2.38. The molecule has 0 amide bonds. The van der Waals surface area contributed by atoms with Crippen molar-refractivity contribution in [3.05, 3.63) is 28.8 Å². The van der Waals surface area contributed by atoms with Gasteiger partial charge in [0, 0.05) is 6.54 Å². The summed E-state index contributed by atoms with van der Waals surface area (Å²) in [6.07, 6.45) is 0.522. The van der Waals surface area contributed by atoms with Crippen LogP contribution in [-0.2, 0) is 0 Å². The lowest BCUT2D eigenvalue weighted by atomic mass is 10.1. The molecule has 1 rings (SSSR count). The Morgan fingerprint density at radius 2 is 2.25 bits per heavy atom. The summed E-state index contributed by atoms with van der Waals surface area (Å²) in [5.41, 5.74) is 0.810. The number of ether oxygens (including phenoxy) is 1. The van der Waals surface area contributed by atoms with Crippen LogP contribution < -0.4 is 10.1 Å². The van der Waals surface area contributed by atoms with Crippen LogP contribution in [0.25, 0.3) is 0 Å². The normalized spacial score (nSPS) is 12.5. The second kappa shape index (κ2) is 6.74. The molecule has 1 unspecified atom stereocenters. The Balaban J connectivity index is 2.64. The fourth-order valence-electron chi connectivity index (χ4n) is 1.42. The number of aliphatic hydroxyl groups is 1. The Bertz CT molecular complexity index is 331. The highest BCUT2D eigenvalue weighted by Crippen LogP contribution is 2.27. The number of nitrogens with one attached hydrogen (secondary N) is 1. The summed E-state index contributed by atoms with van der Waals surface area (Å²) in [4.78, 5) is 0. The van der Waals surface area contributed by atoms with Crippen molar-refractivity contribution in [2.75, 3.05) is 20.2 Å². The summed E-state index contributed by atoms with van der Waals surface area (Å²) in [6, 6.07) is 5.31. The van der Waals surface area contributed by atoms with Crippen molar-refractivity contribution < 1.29 is 9.84 Å². The second-order valence-corrected chi connectivity index (χ2v) is 4.02. The van der Waals surface area contributed by atoms with Crippen molar-refractivity contribution in [1.82, 2.24) is 5.32 Å². The zero-order valence-corrected chi connectivity index (χ0v) is 10.4. The van der Waals surface area contributed by atoms with Gasteiger partial charge in [-0.1, -0.05) is 24.6 Å². The molecule has 0 radical (unpaired) electrons. The van der Waals surface area contributed by atoms with E-state index in [1.807, 2.05) is 6.07 Å². The maximum atomic E-state index is 9.90. The first-order chi connectivity index (χ1) is 7.69. The Labute approximate surface area is 101 Å². The summed E-state index contributed by atoms with van der Waals surface area (Å²) >= 11 is 5.91. The first-order valence-electron chi connectivity index (χ1n) is 5.41. The smallest absolute Gasteiger partial charge is 0.137 e. The highest BCUT2D eigenvalue weighted by molar-refractivity contribution is 6.32. The first-order valence-corrected chi connectivity index (χ1v) is 5.79. The first kappa shape index (κ1) is 13.3. The van der Waals surface area contributed by atoms with E-state index in [4.69, 9.17) is 16.3 Å². The minimum absolute atomic E-state index is 0.530. The zero-order chi connectivity index (χ0) is 12.0. The van der Waals surface area contributed by atoms with E-state index >= 15 is 0 Å². The van der Waals surface area contributed by atoms with Crippen molar-refractivity contribution in [3.63, 3.8) is 0 Å². The molecule has 0 fully saturated rings. The number of halogens is 1. The molecule has 3 nitrogen and oxygen atoms in total. The van der Waals surface area contributed by atoms with E-state index in [2.05, 4.69) is 12.2 Å². The quantitative estimate of drug-likeness (QED) is 0.754. The Kier molecular flexibility index (Phi) is 5.60. The lowest BCUT2D eigenvalue weighted by Gasteiger charge is -2.13. The van der Waals surface area contributed by atoms with Crippen molar-refractivity contribution in [2.45, 2.75) is 19.4 Å². The van der Waals surface area contributed by atoms with Gasteiger partial charge in [-0.15, -0.1) is 0 Å². The number of hydrogen-bond acceptors (Lipinski definition) is 3. The van der Waals surface area contributed by atoms with Gasteiger partial charge in [-0.2, -0.15) is 0 Å². The molecular weight excluding hydrogens is 226 g/mol. The van der Waals surface area contributed by atoms with Crippen LogP contribution in [0.2, 0.25) is 5.02 Å². The van der Waals surface area contributed by atoms with E-state index in [0.29, 0.717) is 17.3 Å². The molecule has 1 atom stereocenters. The minimum atomic E-state index is -0.530. The Morgan fingerprint density at radius 1 is 1.50 bits per heavy atom. The van der Waals surface area contributed by atoms with E-state index in [-0.39, 0.29) is 0 Å². The highest BCUT2D eigenvalue weighted by atomic mass is 35.5. The Hall–Kier alpha value is -0.770. The number of rotatable bonds is 6. The van der Waals surface area contributed by atoms with Crippen molar-refractivity contribution in [2.24, 2.45) is 0 Å². The maximum absolute atomic E-state index is 9.90. The van der Waals surface area contributed by atoms with E-state index < -0.39 is 6.10 Å². The summed E-state index contributed by atoms with van der Waals surface area (Å²) in [7, 11) is 1.56. The number of benzene rings is 1. The van der Waals surface area contributed by atoms with Crippen molar-refractivity contribution in [1.29, 1.82) is 0 Å². The van der Waals surface area contributed by atoms with Gasteiger partial charge in [-0.05, 0) is 30.7 Å². The van der Waals surface area contributed by atoms with Gasteiger partial charge in [-0.3, -0.25) is 0 Å². The molecular formula is C12H18ClNO2. The molecule has 0 aliphatic carbocycles. The highest BCUT2D eigenvalue weighted by Gasteiger charge is 2.09. The summed E-state index contributed by atoms with van der Waals surface area (Å²) in [6.45, 7) is 3.53. The van der Waals surface area contributed by atoms with E-state index in [9.17, 15) is 5.11 Å². The third-order valence-electron chi connectivity index (χ3n) is 2.32. The van der Waals surface area contributed by atoms with Crippen molar-refractivity contribution in [3.8, 4) is 5.75 Å². The van der Waals surface area contributed by atoms with Crippen LogP contribution in [0.15, 0.2) is 18.2 Å². The lowest BCUT2D eigenvalue weighted by molar-refractivity contribution is 0.174. The van der Waals surface area contributed by atoms with Crippen LogP contribution in [0.3, 0.4) is 0 Å². The van der Waals surface area contributed by atoms with E-state index in [1.165, 1.54) is 0 Å². The molecule has 0 spiro atoms. The molecule has 4 heteroatoms. The van der Waals surface area contributed by atoms with Crippen molar-refractivity contribution >= 4 is 11.6 Å². The molecule has 1 aromatic rings. The van der Waals surface area contributed by atoms with Crippen LogP contribution >= 0.6 is 11.6 Å². The lowest BCUT2D eigenvalue weighted by Crippen LogP contribution is -2.22. The molecule has 0 bridgehead atoms. The number of hydrogen-bond donors (Lipinski definition) is 2. The molecule has 0 aromatic heterocycles. The molecule has 0 aliphatic rings. The average Bonchev–Trinajstić information content (AvgIpc) is 2.30. The predicted molar refractivity (Wildman–Crippen MR) is 66.1 cm³/mol. The average molecular weight is 244 g/mol. The van der Waals surface area contributed by atoms with Gasteiger partial charge < -0.3 is 15.2 Å². The third-order valence-corrected chi connectivity index (χ3v) is 2.64. The van der Waals surface area contributed by atoms with Crippen LogP contribution in [0, 0.1) is 0 Å². The van der Waals surface area contributed by atoms with E-state index in [1.54, 1.807) is 19.2 Å². The van der Waals surface area contributed by atoms with Crippen LogP contribution in [-0.4, -0.2) is 25.3 Å². The van der Waals surface area contributed by atoms with Gasteiger partial charge in [0.2, 0.25) is 0 Å². The van der Waals surface area contributed by atoms with Crippen LogP contribution in [0.5, 0.6) is 5.75 Å².